The molecule has 0 aliphatic heterocycles. The lowest BCUT2D eigenvalue weighted by atomic mass is 9.98. The monoisotopic (exact) mass is 377 g/mol. The highest BCUT2D eigenvalue weighted by Gasteiger charge is 2.30. The first-order valence-electron chi connectivity index (χ1n) is 9.66. The van der Waals surface area contributed by atoms with Crippen molar-refractivity contribution in [3.63, 3.8) is 0 Å². The molecule has 0 radical (unpaired) electrons. The zero-order chi connectivity index (χ0) is 19.5. The summed E-state index contributed by atoms with van der Waals surface area (Å²) in [4.78, 5) is 23.1. The second-order valence-electron chi connectivity index (χ2n) is 7.37. The number of hydrogen-bond acceptors (Lipinski definition) is 3. The number of carboxylic acid groups (broad SMARTS) is 1. The van der Waals surface area contributed by atoms with Crippen LogP contribution in [-0.2, 0) is 9.53 Å². The normalized spacial score (nSPS) is 20.7. The first-order chi connectivity index (χ1) is 13.6. The van der Waals surface area contributed by atoms with Crippen LogP contribution in [0.3, 0.4) is 0 Å². The number of aliphatic carboxylic acids is 1. The minimum atomic E-state index is -0.966. The first-order valence-corrected chi connectivity index (χ1v) is 9.66. The quantitative estimate of drug-likeness (QED) is 0.760. The fraction of sp³-hybridized carbons (Fsp3) is 0.304. The van der Waals surface area contributed by atoms with Crippen molar-refractivity contribution in [3.05, 3.63) is 71.8 Å². The second-order valence-corrected chi connectivity index (χ2v) is 7.37. The van der Waals surface area contributed by atoms with Gasteiger partial charge in [0.05, 0.1) is 0 Å². The number of benzene rings is 2. The Kier molecular flexibility index (Phi) is 5.15. The molecule has 2 aromatic carbocycles. The number of ether oxygens (including phenoxy) is 1. The standard InChI is InChI=1S/C23H23NO4/c25-22(26)13-12-15-6-5-11-21(15)24-23(27)28-14-20-18-9-3-1-7-16(18)17-8-2-4-10-19(17)20/h1-4,7-10,12-13,15,20-21H,5-6,11,14H2,(H,24,27)(H,25,26)/b13-12+/t15-,21+/m0/s1. The molecule has 1 fully saturated rings. The lowest BCUT2D eigenvalue weighted by Crippen LogP contribution is -2.37. The smallest absolute Gasteiger partial charge is 0.407 e. The maximum atomic E-state index is 12.4. The SMILES string of the molecule is O=C(O)/C=C/[C@@H]1CCC[C@H]1NC(=O)OCC1c2ccccc2-c2ccccc21. The summed E-state index contributed by atoms with van der Waals surface area (Å²) < 4.78 is 5.59. The number of alkyl carbamates (subject to hydrolysis) is 1. The summed E-state index contributed by atoms with van der Waals surface area (Å²) >= 11 is 0. The third-order valence-electron chi connectivity index (χ3n) is 5.70. The Morgan fingerprint density at radius 1 is 1.04 bits per heavy atom. The largest absolute Gasteiger partial charge is 0.478 e. The van der Waals surface area contributed by atoms with Crippen molar-refractivity contribution >= 4 is 12.1 Å². The van der Waals surface area contributed by atoms with Crippen LogP contribution in [0, 0.1) is 5.92 Å². The summed E-state index contributed by atoms with van der Waals surface area (Å²) in [6.07, 6.45) is 5.05. The minimum Gasteiger partial charge on any atom is -0.478 e. The molecular formula is C23H23NO4. The topological polar surface area (TPSA) is 75.6 Å². The highest BCUT2D eigenvalue weighted by Crippen LogP contribution is 2.44. The van der Waals surface area contributed by atoms with Gasteiger partial charge in [-0.3, -0.25) is 0 Å². The lowest BCUT2D eigenvalue weighted by molar-refractivity contribution is -0.131. The number of amides is 1. The Morgan fingerprint density at radius 3 is 2.32 bits per heavy atom. The van der Waals surface area contributed by atoms with E-state index in [9.17, 15) is 9.59 Å². The number of nitrogens with one attached hydrogen (secondary N) is 1. The van der Waals surface area contributed by atoms with E-state index in [-0.39, 0.29) is 24.5 Å². The van der Waals surface area contributed by atoms with Gasteiger partial charge < -0.3 is 15.2 Å². The number of rotatable bonds is 5. The van der Waals surface area contributed by atoms with E-state index in [1.54, 1.807) is 6.08 Å². The van der Waals surface area contributed by atoms with E-state index < -0.39 is 12.1 Å². The lowest BCUT2D eigenvalue weighted by Gasteiger charge is -2.19. The fourth-order valence-corrected chi connectivity index (χ4v) is 4.40. The van der Waals surface area contributed by atoms with Crippen molar-refractivity contribution in [3.8, 4) is 11.1 Å². The molecule has 0 heterocycles. The van der Waals surface area contributed by atoms with Crippen LogP contribution in [-0.4, -0.2) is 29.8 Å². The number of fused-ring (bicyclic) bond motifs is 3. The van der Waals surface area contributed by atoms with Gasteiger partial charge >= 0.3 is 12.1 Å². The maximum Gasteiger partial charge on any atom is 0.407 e. The Balaban J connectivity index is 1.41. The molecule has 0 aromatic heterocycles. The number of hydrogen-bond donors (Lipinski definition) is 2. The first kappa shape index (κ1) is 18.3. The van der Waals surface area contributed by atoms with Crippen LogP contribution in [0.15, 0.2) is 60.7 Å². The maximum absolute atomic E-state index is 12.4. The van der Waals surface area contributed by atoms with Crippen LogP contribution in [0.25, 0.3) is 11.1 Å². The van der Waals surface area contributed by atoms with Crippen LogP contribution in [0.1, 0.15) is 36.3 Å². The molecule has 5 nitrogen and oxygen atoms in total. The molecule has 0 spiro atoms. The molecule has 2 N–H and O–H groups in total. The average Bonchev–Trinajstić information content (AvgIpc) is 3.27. The average molecular weight is 377 g/mol. The van der Waals surface area contributed by atoms with Crippen molar-refractivity contribution in [1.29, 1.82) is 0 Å². The molecule has 2 atom stereocenters. The van der Waals surface area contributed by atoms with Crippen LogP contribution in [0.4, 0.5) is 4.79 Å². The molecule has 28 heavy (non-hydrogen) atoms. The zero-order valence-electron chi connectivity index (χ0n) is 15.5. The van der Waals surface area contributed by atoms with E-state index in [1.807, 2.05) is 24.3 Å². The van der Waals surface area contributed by atoms with Crippen LogP contribution in [0.2, 0.25) is 0 Å². The highest BCUT2D eigenvalue weighted by atomic mass is 16.5. The molecule has 2 aromatic rings. The van der Waals surface area contributed by atoms with Gasteiger partial charge in [0.15, 0.2) is 0 Å². The fourth-order valence-electron chi connectivity index (χ4n) is 4.40. The summed E-state index contributed by atoms with van der Waals surface area (Å²) in [5.74, 6) is -0.896. The number of carbonyl (C=O) groups is 2. The second kappa shape index (κ2) is 7.89. The van der Waals surface area contributed by atoms with Gasteiger partial charge in [-0.15, -0.1) is 0 Å². The van der Waals surface area contributed by atoms with E-state index in [0.717, 1.165) is 25.3 Å². The summed E-state index contributed by atoms with van der Waals surface area (Å²) in [6.45, 7) is 0.280. The summed E-state index contributed by atoms with van der Waals surface area (Å²) in [7, 11) is 0. The molecule has 144 valence electrons. The van der Waals surface area contributed by atoms with E-state index in [4.69, 9.17) is 9.84 Å². The molecule has 0 saturated heterocycles. The Labute approximate surface area is 164 Å². The molecule has 1 amide bonds. The van der Waals surface area contributed by atoms with Gasteiger partial charge in [0.25, 0.3) is 0 Å². The van der Waals surface area contributed by atoms with Crippen LogP contribution in [0.5, 0.6) is 0 Å². The van der Waals surface area contributed by atoms with Crippen molar-refractivity contribution in [2.75, 3.05) is 6.61 Å². The molecule has 1 saturated carbocycles. The van der Waals surface area contributed by atoms with Gasteiger partial charge in [-0.05, 0) is 41.0 Å². The molecule has 0 unspecified atom stereocenters. The van der Waals surface area contributed by atoms with Crippen molar-refractivity contribution in [1.82, 2.24) is 5.32 Å². The van der Waals surface area contributed by atoms with Gasteiger partial charge in [-0.1, -0.05) is 61.0 Å². The Hall–Kier alpha value is -3.08. The van der Waals surface area contributed by atoms with E-state index >= 15 is 0 Å². The summed E-state index contributed by atoms with van der Waals surface area (Å²) in [5, 5.41) is 11.7. The van der Waals surface area contributed by atoms with Crippen LogP contribution < -0.4 is 5.32 Å². The molecule has 2 aliphatic carbocycles. The van der Waals surface area contributed by atoms with E-state index in [1.165, 1.54) is 22.3 Å². The van der Waals surface area contributed by atoms with E-state index in [0.29, 0.717) is 0 Å². The van der Waals surface area contributed by atoms with Gasteiger partial charge in [0.1, 0.15) is 6.61 Å². The predicted molar refractivity (Wildman–Crippen MR) is 106 cm³/mol. The predicted octanol–water partition coefficient (Wildman–Crippen LogP) is 4.33. The molecule has 4 rings (SSSR count). The van der Waals surface area contributed by atoms with Crippen molar-refractivity contribution in [2.24, 2.45) is 5.92 Å². The van der Waals surface area contributed by atoms with Crippen molar-refractivity contribution < 1.29 is 19.4 Å². The molecule has 2 aliphatic rings. The van der Waals surface area contributed by atoms with Gasteiger partial charge in [-0.2, -0.15) is 0 Å². The van der Waals surface area contributed by atoms with E-state index in [2.05, 4.69) is 29.6 Å². The third kappa shape index (κ3) is 3.65. The summed E-state index contributed by atoms with van der Waals surface area (Å²) in [6, 6.07) is 16.4. The zero-order valence-corrected chi connectivity index (χ0v) is 15.5. The Bertz CT molecular complexity index is 875. The van der Waals surface area contributed by atoms with Gasteiger partial charge in [0, 0.05) is 18.0 Å². The Morgan fingerprint density at radius 2 is 1.68 bits per heavy atom. The molecule has 0 bridgehead atoms. The number of carbonyl (C=O) groups excluding carboxylic acids is 1. The van der Waals surface area contributed by atoms with Crippen molar-refractivity contribution in [2.45, 2.75) is 31.2 Å². The highest BCUT2D eigenvalue weighted by molar-refractivity contribution is 5.80. The third-order valence-corrected chi connectivity index (χ3v) is 5.70. The van der Waals surface area contributed by atoms with Crippen LogP contribution >= 0.6 is 0 Å². The molecular weight excluding hydrogens is 354 g/mol. The summed E-state index contributed by atoms with van der Waals surface area (Å²) in [5.41, 5.74) is 4.75. The molecule has 5 heteroatoms. The van der Waals surface area contributed by atoms with Gasteiger partial charge in [-0.25, -0.2) is 9.59 Å². The number of carboxylic acids is 1. The minimum absolute atomic E-state index is 0.0319. The van der Waals surface area contributed by atoms with Gasteiger partial charge in [0.2, 0.25) is 0 Å².